The first-order valence-electron chi connectivity index (χ1n) is 12.8. The number of benzene rings is 3. The smallest absolute Gasteiger partial charge is 0.305 e. The molecule has 0 spiro atoms. The first kappa shape index (κ1) is 31.1. The molecule has 0 unspecified atom stereocenters. The fraction of sp³-hybridized carbons (Fsp3) is 0.143. The minimum absolute atomic E-state index is 0.00374. The summed E-state index contributed by atoms with van der Waals surface area (Å²) in [7, 11) is 0. The zero-order chi connectivity index (χ0) is 31.8. The highest BCUT2D eigenvalue weighted by atomic mass is 35.5. The molecule has 2 heterocycles. The normalized spacial score (nSPS) is 11.8. The number of H-pyrrole nitrogens is 1. The van der Waals surface area contributed by atoms with Crippen LogP contribution in [0.15, 0.2) is 69.6 Å². The maximum atomic E-state index is 13.2. The number of hydrogen-bond donors (Lipinski definition) is 6. The van der Waals surface area contributed by atoms with Gasteiger partial charge in [0.05, 0.1) is 32.7 Å². The fourth-order valence-electron chi connectivity index (χ4n) is 4.13. The average molecular weight is 657 g/mol. The molecule has 0 radical (unpaired) electrons. The summed E-state index contributed by atoms with van der Waals surface area (Å²) in [6, 6.07) is 15.2. The summed E-state index contributed by atoms with van der Waals surface area (Å²) in [4.78, 5) is 25.9. The molecule has 0 saturated carbocycles. The summed E-state index contributed by atoms with van der Waals surface area (Å²) in [6.07, 6.45) is 0. The van der Waals surface area contributed by atoms with Crippen molar-refractivity contribution in [3.8, 4) is 5.69 Å². The Hall–Kier alpha value is -4.37. The van der Waals surface area contributed by atoms with Crippen molar-refractivity contribution in [2.45, 2.75) is 26.7 Å². The number of aromatic amines is 1. The summed E-state index contributed by atoms with van der Waals surface area (Å²) >= 11 is 18.5. The quantitative estimate of drug-likeness (QED) is 0.0832. The van der Waals surface area contributed by atoms with E-state index in [-0.39, 0.29) is 38.6 Å². The predicted molar refractivity (Wildman–Crippen MR) is 167 cm³/mol. The monoisotopic (exact) mass is 655 g/mol. The van der Waals surface area contributed by atoms with E-state index >= 15 is 0 Å². The van der Waals surface area contributed by atoms with Gasteiger partial charge in [-0.1, -0.05) is 41.4 Å². The van der Waals surface area contributed by atoms with Crippen molar-refractivity contribution in [3.63, 3.8) is 0 Å². The molecule has 0 saturated heterocycles. The molecule has 6 N–H and O–H groups in total. The zero-order valence-corrected chi connectivity index (χ0v) is 25.5. The molecule has 5 rings (SSSR count). The summed E-state index contributed by atoms with van der Waals surface area (Å²) in [5.41, 5.74) is 3.07. The summed E-state index contributed by atoms with van der Waals surface area (Å²) in [5.74, 6) is -2.77. The van der Waals surface area contributed by atoms with Crippen molar-refractivity contribution in [2.24, 2.45) is 10.2 Å². The van der Waals surface area contributed by atoms with Crippen LogP contribution in [-0.2, 0) is 5.97 Å². The SMILES string of the molecule is Cc1cccc(Nc2nc(Cl)nc(Nc3ccc(C)c(N=Nc4c(C)[nH]n(-c5cc(Cl)c(C(O)(O)O)cc5Cl)c4=O)c3)n2)c1. The minimum Gasteiger partial charge on any atom is -0.340 e. The second-order valence-electron chi connectivity index (χ2n) is 9.72. The Morgan fingerprint density at radius 1 is 0.841 bits per heavy atom. The standard InChI is InChI=1S/C28H24Cl3N9O4/c1-13-5-4-6-16(9-13)32-26-34-25(31)35-27(36-26)33-17-8-7-14(2)21(10-17)37-38-23-15(3)39-40(24(23)41)22-12-19(29)18(11-20(22)30)28(42,43)44/h4-12,39,42-44H,1-3H3,(H2,32,33,34,35,36). The number of anilines is 4. The van der Waals surface area contributed by atoms with Crippen LogP contribution in [0.2, 0.25) is 15.3 Å². The van der Waals surface area contributed by atoms with Crippen molar-refractivity contribution in [1.29, 1.82) is 0 Å². The molecular formula is C28H24Cl3N9O4. The zero-order valence-electron chi connectivity index (χ0n) is 23.3. The summed E-state index contributed by atoms with van der Waals surface area (Å²) < 4.78 is 1.08. The van der Waals surface area contributed by atoms with Crippen LogP contribution in [0, 0.1) is 20.8 Å². The lowest BCUT2D eigenvalue weighted by Crippen LogP contribution is -2.25. The number of rotatable bonds is 8. The maximum absolute atomic E-state index is 13.2. The lowest BCUT2D eigenvalue weighted by molar-refractivity contribution is -0.323. The maximum Gasteiger partial charge on any atom is 0.305 e. The van der Waals surface area contributed by atoms with Gasteiger partial charge >= 0.3 is 5.97 Å². The molecule has 0 amide bonds. The second kappa shape index (κ2) is 12.3. The number of aliphatic hydroxyl groups is 3. The van der Waals surface area contributed by atoms with Gasteiger partial charge in [0.2, 0.25) is 17.2 Å². The van der Waals surface area contributed by atoms with Crippen LogP contribution < -0.4 is 16.2 Å². The molecule has 16 heteroatoms. The molecule has 0 atom stereocenters. The Bertz CT molecular complexity index is 1970. The van der Waals surface area contributed by atoms with Gasteiger partial charge in [-0.2, -0.15) is 15.0 Å². The molecule has 0 aliphatic rings. The molecule has 5 aromatic rings. The molecule has 0 fully saturated rings. The number of hydrogen-bond acceptors (Lipinski definition) is 11. The third kappa shape index (κ3) is 6.89. The van der Waals surface area contributed by atoms with Crippen LogP contribution in [-0.4, -0.2) is 40.1 Å². The average Bonchev–Trinajstić information content (AvgIpc) is 3.21. The van der Waals surface area contributed by atoms with Gasteiger partial charge in [0, 0.05) is 11.4 Å². The van der Waals surface area contributed by atoms with E-state index in [1.54, 1.807) is 25.1 Å². The van der Waals surface area contributed by atoms with E-state index < -0.39 is 17.1 Å². The molecule has 2 aromatic heterocycles. The van der Waals surface area contributed by atoms with Gasteiger partial charge in [-0.15, -0.1) is 10.2 Å². The Kier molecular flexibility index (Phi) is 8.70. The van der Waals surface area contributed by atoms with Crippen LogP contribution in [0.4, 0.5) is 34.6 Å². The van der Waals surface area contributed by atoms with Gasteiger partial charge in [-0.25, -0.2) is 4.68 Å². The highest BCUT2D eigenvalue weighted by Gasteiger charge is 2.27. The minimum atomic E-state index is -3.22. The van der Waals surface area contributed by atoms with Gasteiger partial charge < -0.3 is 26.0 Å². The number of nitrogens with one attached hydrogen (secondary N) is 3. The lowest BCUT2D eigenvalue weighted by atomic mass is 10.1. The number of halogens is 3. The van der Waals surface area contributed by atoms with E-state index in [1.165, 1.54) is 6.07 Å². The molecule has 0 aliphatic heterocycles. The van der Waals surface area contributed by atoms with Crippen molar-refractivity contribution in [3.05, 3.63) is 103 Å². The predicted octanol–water partition coefficient (Wildman–Crippen LogP) is 6.23. The van der Waals surface area contributed by atoms with Crippen LogP contribution in [0.1, 0.15) is 22.4 Å². The van der Waals surface area contributed by atoms with E-state index in [0.29, 0.717) is 17.1 Å². The number of nitrogens with zero attached hydrogens (tertiary/aromatic N) is 6. The summed E-state index contributed by atoms with van der Waals surface area (Å²) in [5, 5.41) is 45.6. The molecule has 13 nitrogen and oxygen atoms in total. The Morgan fingerprint density at radius 3 is 2.18 bits per heavy atom. The third-order valence-corrected chi connectivity index (χ3v) is 7.07. The molecular weight excluding hydrogens is 633 g/mol. The highest BCUT2D eigenvalue weighted by Crippen LogP contribution is 2.33. The van der Waals surface area contributed by atoms with Crippen molar-refractivity contribution in [2.75, 3.05) is 10.6 Å². The van der Waals surface area contributed by atoms with Gasteiger partial charge in [0.1, 0.15) is 0 Å². The fourth-order valence-corrected chi connectivity index (χ4v) is 4.82. The molecule has 226 valence electrons. The van der Waals surface area contributed by atoms with Crippen LogP contribution >= 0.6 is 34.8 Å². The second-order valence-corrected chi connectivity index (χ2v) is 10.9. The van der Waals surface area contributed by atoms with E-state index in [4.69, 9.17) is 34.8 Å². The number of aromatic nitrogens is 5. The van der Waals surface area contributed by atoms with E-state index in [1.807, 2.05) is 38.1 Å². The highest BCUT2D eigenvalue weighted by molar-refractivity contribution is 6.35. The van der Waals surface area contributed by atoms with Crippen molar-refractivity contribution < 1.29 is 15.3 Å². The largest absolute Gasteiger partial charge is 0.340 e. The first-order chi connectivity index (χ1) is 20.8. The lowest BCUT2D eigenvalue weighted by Gasteiger charge is -2.17. The van der Waals surface area contributed by atoms with Gasteiger partial charge in [0.15, 0.2) is 5.69 Å². The Balaban J connectivity index is 1.40. The van der Waals surface area contributed by atoms with E-state index in [2.05, 4.69) is 40.9 Å². The molecule has 0 aliphatic carbocycles. The van der Waals surface area contributed by atoms with Crippen molar-refractivity contribution >= 4 is 69.4 Å². The van der Waals surface area contributed by atoms with Gasteiger partial charge in [-0.05, 0) is 79.9 Å². The van der Waals surface area contributed by atoms with Crippen molar-refractivity contribution in [1.82, 2.24) is 24.7 Å². The van der Waals surface area contributed by atoms with Crippen LogP contribution in [0.3, 0.4) is 0 Å². The van der Waals surface area contributed by atoms with E-state index in [0.717, 1.165) is 27.6 Å². The molecule has 44 heavy (non-hydrogen) atoms. The number of azo groups is 1. The Morgan fingerprint density at radius 2 is 1.52 bits per heavy atom. The van der Waals surface area contributed by atoms with Gasteiger partial charge in [0.25, 0.3) is 5.56 Å². The van der Waals surface area contributed by atoms with E-state index in [9.17, 15) is 20.1 Å². The van der Waals surface area contributed by atoms with Gasteiger partial charge in [-0.3, -0.25) is 9.89 Å². The topological polar surface area (TPSA) is 186 Å². The molecule has 0 bridgehead atoms. The number of aryl methyl sites for hydroxylation is 3. The third-order valence-electron chi connectivity index (χ3n) is 6.28. The van der Waals surface area contributed by atoms with Crippen LogP contribution in [0.25, 0.3) is 5.69 Å². The Labute approximate surface area is 264 Å². The van der Waals surface area contributed by atoms with Crippen LogP contribution in [0.5, 0.6) is 0 Å². The molecule has 3 aromatic carbocycles. The summed E-state index contributed by atoms with van der Waals surface area (Å²) in [6.45, 7) is 5.42. The first-order valence-corrected chi connectivity index (χ1v) is 13.9.